The zero-order chi connectivity index (χ0) is 97.2. The molecule has 0 spiro atoms. The Morgan fingerprint density at radius 1 is 0.504 bits per heavy atom. The molecule has 5 aromatic carbocycles. The monoisotopic (exact) mass is 1870 g/mol. The second-order valence-electron chi connectivity index (χ2n) is 33.7. The van der Waals surface area contributed by atoms with Crippen molar-refractivity contribution in [1.29, 1.82) is 0 Å². The molecular weight excluding hydrogens is 1750 g/mol. The van der Waals surface area contributed by atoms with Crippen LogP contribution in [0.25, 0.3) is 10.9 Å². The third kappa shape index (κ3) is 28.8. The lowest BCUT2D eigenvalue weighted by Crippen LogP contribution is -2.62. The molecule has 1 aromatic heterocycles. The molecule has 0 radical (unpaired) electrons. The number of carbonyl (C=O) groups excluding carboxylic acids is 16. The molecule has 3 fully saturated rings. The number of rotatable bonds is 24. The lowest BCUT2D eigenvalue weighted by molar-refractivity contribution is -0.152. The number of aromatic amines is 1. The number of aromatic hydroxyl groups is 1. The van der Waals surface area contributed by atoms with Crippen molar-refractivity contribution < 1.29 is 111 Å². The summed E-state index contributed by atoms with van der Waals surface area (Å²) in [6.45, 7) is 2.71. The van der Waals surface area contributed by atoms with Gasteiger partial charge in [-0.15, -0.1) is 11.8 Å². The number of unbranched alkanes of at least 4 members (excludes halogenated alkanes) is 1. The zero-order valence-corrected chi connectivity index (χ0v) is 75.3. The first kappa shape index (κ1) is 103. The molecule has 0 unspecified atom stereocenters. The molecule has 4 heterocycles. The van der Waals surface area contributed by atoms with Crippen molar-refractivity contribution in [3.05, 3.63) is 173 Å². The molecule has 42 heteroatoms. The SMILES string of the molecule is CCCC[C@H]1C(=O)N2C[C@H](O)C[C@@H]2C(=O)N[C@@H](CC(=O)O)C(=O)N[C@@H](C(C)C)C(=O)N(C)[C@H](Cc2ccccc2)C(=O)N[C@@H](CC(N)=O)C(=O)N2C[C@H](O)C[C@@H]2C(=O)N[C@@H](Cc2c[nH]c3ccccc23)C(=O)N[C@@H](Cc2ccc(O)cc2)C(=O)N[C@@H](CCCN)C(=O)N[C@H](C(=O)NCC(N)=O)CSCC(=O)N[C@@H](Cc2ccc(F)c(F)c2)C(=O)N(C)[C@@H](Cc2ccccc2)C(=O)N1C. The van der Waals surface area contributed by atoms with Gasteiger partial charge in [0.25, 0.3) is 0 Å². The predicted octanol–water partition coefficient (Wildman–Crippen LogP) is -1.77. The average molecular weight is 1870 g/mol. The normalized spacial score (nSPS) is 24.6. The Hall–Kier alpha value is -13.5. The first-order chi connectivity index (χ1) is 63.2. The Morgan fingerprint density at radius 3 is 1.61 bits per heavy atom. The molecule has 39 nitrogen and oxygen atoms in total. The minimum atomic E-state index is -2.06. The number of H-pyrrole nitrogens is 1. The minimum Gasteiger partial charge on any atom is -0.508 e. The number of aliphatic carboxylic acids is 1. The van der Waals surface area contributed by atoms with Crippen molar-refractivity contribution in [3.63, 3.8) is 0 Å². The number of aliphatic hydroxyl groups is 2. The number of thioether (sulfide) groups is 1. The smallest absolute Gasteiger partial charge is 0.305 e. The van der Waals surface area contributed by atoms with E-state index < -0.39 is 278 Å². The molecule has 3 aliphatic heterocycles. The summed E-state index contributed by atoms with van der Waals surface area (Å²) >= 11 is 0.683. The van der Waals surface area contributed by atoms with Gasteiger partial charge in [0.15, 0.2) is 11.6 Å². The van der Waals surface area contributed by atoms with Gasteiger partial charge in [-0.1, -0.05) is 131 Å². The number of carboxylic acids is 1. The van der Waals surface area contributed by atoms with Crippen LogP contribution in [-0.2, 0) is 114 Å². The van der Waals surface area contributed by atoms with E-state index in [1.807, 2.05) is 0 Å². The van der Waals surface area contributed by atoms with Crippen LogP contribution in [0, 0.1) is 17.6 Å². The fraction of sp³-hybridized carbons (Fsp3) is 0.462. The fourth-order valence-electron chi connectivity index (χ4n) is 16.2. The summed E-state index contributed by atoms with van der Waals surface area (Å²) in [4.78, 5) is 258. The van der Waals surface area contributed by atoms with E-state index in [4.69, 9.17) is 17.2 Å². The molecule has 16 amide bonds. The number of para-hydroxylation sites is 1. The van der Waals surface area contributed by atoms with Crippen LogP contribution in [-0.4, -0.2) is 300 Å². The van der Waals surface area contributed by atoms with E-state index in [-0.39, 0.29) is 62.8 Å². The summed E-state index contributed by atoms with van der Waals surface area (Å²) < 4.78 is 29.8. The summed E-state index contributed by atoms with van der Waals surface area (Å²) in [5, 5.41) is 67.1. The maximum Gasteiger partial charge on any atom is 0.305 e. The molecule has 15 atom stereocenters. The summed E-state index contributed by atoms with van der Waals surface area (Å²) in [7, 11) is 3.65. The number of nitrogens with two attached hydrogens (primary N) is 3. The first-order valence-corrected chi connectivity index (χ1v) is 44.8. The van der Waals surface area contributed by atoms with E-state index in [0.717, 1.165) is 42.7 Å². The van der Waals surface area contributed by atoms with Crippen LogP contribution in [0.15, 0.2) is 134 Å². The number of benzene rings is 5. The molecule has 0 aliphatic carbocycles. The van der Waals surface area contributed by atoms with E-state index in [1.165, 1.54) is 59.3 Å². The summed E-state index contributed by atoms with van der Waals surface area (Å²) in [6.07, 6.45) is -6.20. The van der Waals surface area contributed by atoms with Crippen LogP contribution in [0.3, 0.4) is 0 Å². The van der Waals surface area contributed by atoms with Crippen molar-refractivity contribution in [3.8, 4) is 5.75 Å². The number of carbonyl (C=O) groups is 17. The fourth-order valence-corrected chi connectivity index (χ4v) is 17.0. The molecule has 9 rings (SSSR count). The van der Waals surface area contributed by atoms with E-state index in [1.54, 1.807) is 98.0 Å². The lowest BCUT2D eigenvalue weighted by Gasteiger charge is -2.38. The predicted molar refractivity (Wildman–Crippen MR) is 480 cm³/mol. The highest BCUT2D eigenvalue weighted by atomic mass is 32.2. The maximum atomic E-state index is 15.7. The van der Waals surface area contributed by atoms with Gasteiger partial charge in [0, 0.05) is 102 Å². The number of aliphatic hydroxyl groups excluding tert-OH is 2. The van der Waals surface area contributed by atoms with Crippen LogP contribution >= 0.6 is 11.8 Å². The minimum absolute atomic E-state index is 0.0154. The molecule has 0 saturated carbocycles. The molecule has 6 aromatic rings. The summed E-state index contributed by atoms with van der Waals surface area (Å²) in [5.41, 5.74) is 19.4. The van der Waals surface area contributed by atoms with Gasteiger partial charge in [0.05, 0.1) is 37.3 Å². The number of carboxylic acid groups (broad SMARTS) is 1. The molecule has 716 valence electrons. The van der Waals surface area contributed by atoms with Gasteiger partial charge in [-0.3, -0.25) is 81.5 Å². The van der Waals surface area contributed by atoms with Gasteiger partial charge in [0.2, 0.25) is 94.5 Å². The standard InChI is InChI=1S/C91H116F2N18O21S/c1-7-8-25-69-90(131)111-46-57(114)40-72(111)86(127)103-65(42-77(118)119)83(124)106-78(49(2)3)91(132)108(5)70(36-50-18-11-9-12-19-50)84(125)104-67(41-74(95)115)88(129)110-45-56(113)39-71(110)85(126)102-64(38-54-43-97-61-23-16-15-22-58(54)61)82(123)101-63(34-52-26-29-55(112)30-27-52)81(122)100-62(24-17-32-94)80(121)105-68(79(120)98-44-75(96)116)47-133-48-76(117)99-66(35-53-28-31-59(92)60(93)33-53)87(128)109(6)73(89(130)107(69)4)37-51-20-13-10-14-21-51/h9-16,18-23,26-31,33,43,49,56-57,62-73,78,97,112-114H,7-8,17,24-25,32,34-42,44-48,94H2,1-6H3,(H2,95,115)(H2,96,116)(H,98,120)(H,99,117)(H,100,122)(H,101,123)(H,102,126)(H,103,127)(H,104,125)(H,105,121)(H,106,124)(H,118,119)/t56-,57-,62+,63+,64+,65+,66+,67+,68+,69+,70-,71-,72-,73+,78+/m1/s1. The number of aromatic nitrogens is 1. The van der Waals surface area contributed by atoms with Crippen LogP contribution in [0.5, 0.6) is 5.75 Å². The van der Waals surface area contributed by atoms with Crippen LogP contribution in [0.4, 0.5) is 8.78 Å². The number of halogens is 2. The average Bonchev–Trinajstić information content (AvgIpc) is 1.74. The van der Waals surface area contributed by atoms with Crippen molar-refractivity contribution in [2.45, 2.75) is 201 Å². The molecule has 133 heavy (non-hydrogen) atoms. The number of amides is 16. The number of phenolic OH excluding ortho intramolecular Hbond substituents is 1. The first-order valence-electron chi connectivity index (χ1n) is 43.6. The molecule has 0 bridgehead atoms. The Kier molecular flexibility index (Phi) is 37.7. The van der Waals surface area contributed by atoms with E-state index >= 15 is 47.5 Å². The number of phenols is 1. The van der Waals surface area contributed by atoms with E-state index in [2.05, 4.69) is 52.8 Å². The van der Waals surface area contributed by atoms with Gasteiger partial charge < -0.3 is 115 Å². The van der Waals surface area contributed by atoms with Crippen molar-refractivity contribution in [2.75, 3.05) is 58.8 Å². The van der Waals surface area contributed by atoms with Gasteiger partial charge in [0.1, 0.15) is 84.3 Å². The number of fused-ring (bicyclic) bond motifs is 3. The molecular formula is C91H116F2N18O21S. The quantitative estimate of drug-likeness (QED) is 0.0319. The Morgan fingerprint density at radius 2 is 1.02 bits per heavy atom. The van der Waals surface area contributed by atoms with Gasteiger partial charge in [-0.05, 0) is 89.9 Å². The van der Waals surface area contributed by atoms with Crippen molar-refractivity contribution in [2.24, 2.45) is 23.1 Å². The topological polar surface area (TPSA) is 589 Å². The van der Waals surface area contributed by atoms with E-state index in [9.17, 15) is 63.2 Å². The summed E-state index contributed by atoms with van der Waals surface area (Å²) in [6, 6.07) is 8.79. The lowest BCUT2D eigenvalue weighted by atomic mass is 9.98. The van der Waals surface area contributed by atoms with Crippen LogP contribution in [0.2, 0.25) is 0 Å². The second-order valence-corrected chi connectivity index (χ2v) is 34.7. The second kappa shape index (κ2) is 48.6. The highest BCUT2D eigenvalue weighted by molar-refractivity contribution is 8.00. The Balaban J connectivity index is 1.14. The van der Waals surface area contributed by atoms with Gasteiger partial charge >= 0.3 is 5.97 Å². The molecule has 3 aliphatic rings. The number of hydrogen-bond donors (Lipinski definition) is 17. The van der Waals surface area contributed by atoms with Gasteiger partial charge in [-0.25, -0.2) is 8.78 Å². The van der Waals surface area contributed by atoms with Gasteiger partial charge in [-0.2, -0.15) is 0 Å². The largest absolute Gasteiger partial charge is 0.508 e. The number of primary amides is 2. The van der Waals surface area contributed by atoms with E-state index in [0.29, 0.717) is 51.3 Å². The third-order valence-electron chi connectivity index (χ3n) is 23.4. The number of nitrogens with one attached hydrogen (secondary N) is 10. The molecule has 20 N–H and O–H groups in total. The zero-order valence-electron chi connectivity index (χ0n) is 74.4. The number of hydrogen-bond acceptors (Lipinski definition) is 22. The van der Waals surface area contributed by atoms with Crippen LogP contribution in [0.1, 0.15) is 106 Å². The number of likely N-dealkylation sites (N-methyl/N-ethyl adjacent to an activating group) is 3. The third-order valence-corrected chi connectivity index (χ3v) is 24.4. The Labute approximate surface area is 769 Å². The van der Waals surface area contributed by atoms with Crippen molar-refractivity contribution in [1.82, 2.24) is 77.3 Å². The van der Waals surface area contributed by atoms with Crippen molar-refractivity contribution >= 4 is 123 Å². The maximum absolute atomic E-state index is 15.7. The molecule has 3 saturated heterocycles. The van der Waals surface area contributed by atoms with Crippen LogP contribution < -0.4 is 65.1 Å². The highest BCUT2D eigenvalue weighted by Crippen LogP contribution is 2.29. The Bertz CT molecular complexity index is 5200. The number of nitrogens with zero attached hydrogens (tertiary/aromatic N) is 5. The highest BCUT2D eigenvalue weighted by Gasteiger charge is 2.48. The summed E-state index contributed by atoms with van der Waals surface area (Å²) in [5.74, 6) is -23.7.